The highest BCUT2D eigenvalue weighted by Gasteiger charge is 2.45. The molecule has 126 valence electrons. The van der Waals surface area contributed by atoms with E-state index in [0.717, 1.165) is 5.56 Å². The van der Waals surface area contributed by atoms with Crippen molar-refractivity contribution in [2.45, 2.75) is 58.5 Å². The van der Waals surface area contributed by atoms with E-state index in [2.05, 4.69) is 0 Å². The third-order valence-corrected chi connectivity index (χ3v) is 3.66. The summed E-state index contributed by atoms with van der Waals surface area (Å²) in [6.07, 6.45) is -5.70. The van der Waals surface area contributed by atoms with Gasteiger partial charge in [0.1, 0.15) is 0 Å². The minimum Gasteiger partial charge on any atom is -0.365 e. The molecule has 0 unspecified atom stereocenters. The van der Waals surface area contributed by atoms with E-state index in [0.29, 0.717) is 10.1 Å². The lowest BCUT2D eigenvalue weighted by Gasteiger charge is -2.25. The van der Waals surface area contributed by atoms with Crippen LogP contribution in [0.1, 0.15) is 52.7 Å². The van der Waals surface area contributed by atoms with Gasteiger partial charge in [0.2, 0.25) is 5.75 Å². The molecule has 23 heavy (non-hydrogen) atoms. The number of ether oxygens (including phenoxy) is 1. The monoisotopic (exact) mass is 328 g/mol. The predicted molar refractivity (Wildman–Crippen MR) is 81.9 cm³/mol. The Hall–Kier alpha value is -1.85. The molecule has 6 heteroatoms. The van der Waals surface area contributed by atoms with Crippen molar-refractivity contribution in [2.24, 2.45) is 0 Å². The molecule has 3 nitrogen and oxygen atoms in total. The summed E-state index contributed by atoms with van der Waals surface area (Å²) in [5.74, 6) is 0.205. The van der Waals surface area contributed by atoms with E-state index >= 15 is 0 Å². The molecule has 0 fully saturated rings. The van der Waals surface area contributed by atoms with Crippen LogP contribution in [-0.2, 0) is 10.8 Å². The molecule has 1 aromatic carbocycles. The van der Waals surface area contributed by atoms with Gasteiger partial charge >= 0.3 is 12.3 Å². The van der Waals surface area contributed by atoms with Gasteiger partial charge in [-0.1, -0.05) is 52.2 Å². The zero-order valence-corrected chi connectivity index (χ0v) is 14.1. The van der Waals surface area contributed by atoms with Crippen LogP contribution >= 0.6 is 0 Å². The first-order chi connectivity index (χ1) is 10.2. The Balaban J connectivity index is 2.79. The largest absolute Gasteiger partial charge is 0.608 e. The lowest BCUT2D eigenvalue weighted by molar-refractivity contribution is -0.341. The molecule has 0 spiro atoms. The topological polar surface area (TPSA) is 29.3 Å². The third-order valence-electron chi connectivity index (χ3n) is 3.66. The summed E-state index contributed by atoms with van der Waals surface area (Å²) in [7, 11) is 0. The van der Waals surface area contributed by atoms with Crippen LogP contribution in [0.2, 0.25) is 0 Å². The van der Waals surface area contributed by atoms with E-state index in [1.807, 2.05) is 47.6 Å². The van der Waals surface area contributed by atoms with Crippen LogP contribution in [0.15, 0.2) is 12.1 Å². The van der Waals surface area contributed by atoms with E-state index < -0.39 is 12.3 Å². The van der Waals surface area contributed by atoms with Gasteiger partial charge in [0.15, 0.2) is 0 Å². The summed E-state index contributed by atoms with van der Waals surface area (Å²) in [4.78, 5) is 11.9. The Morgan fingerprint density at radius 3 is 2.00 bits per heavy atom. The highest BCUT2D eigenvalue weighted by Crippen LogP contribution is 2.45. The summed E-state index contributed by atoms with van der Waals surface area (Å²) >= 11 is 0. The maximum absolute atomic E-state index is 12.7. The van der Waals surface area contributed by atoms with Gasteiger partial charge in [-0.05, 0) is 16.4 Å². The molecule has 1 aliphatic rings. The zero-order valence-electron chi connectivity index (χ0n) is 14.1. The zero-order chi connectivity index (χ0) is 17.8. The number of hydrogen-bond acceptors (Lipinski definition) is 2. The van der Waals surface area contributed by atoms with Crippen molar-refractivity contribution in [1.29, 1.82) is 0 Å². The fourth-order valence-corrected chi connectivity index (χ4v) is 2.39. The van der Waals surface area contributed by atoms with Gasteiger partial charge in [-0.3, -0.25) is 0 Å². The standard InChI is InChI=1S/C17H21F3NO2/c1-15(2,3)10-7-11(16(4,5)6)13-12(8-10)21(14(22)23-13)9-17(18,19)20/h7-9H,1-6H3/q+1/b21-9+. The highest BCUT2D eigenvalue weighted by molar-refractivity contribution is 5.82. The fourth-order valence-electron chi connectivity index (χ4n) is 2.39. The molecule has 0 saturated heterocycles. The molecule has 0 bridgehead atoms. The summed E-state index contributed by atoms with van der Waals surface area (Å²) in [6, 6.07) is 3.50. The van der Waals surface area contributed by atoms with Gasteiger partial charge in [0.05, 0.1) is 0 Å². The molecule has 1 heterocycles. The fraction of sp³-hybridized carbons (Fsp3) is 0.529. The van der Waals surface area contributed by atoms with Crippen molar-refractivity contribution in [1.82, 2.24) is 0 Å². The third kappa shape index (κ3) is 3.57. The number of carbonyl (C=O) groups excluding carboxylic acids is 1. The molecule has 0 radical (unpaired) electrons. The van der Waals surface area contributed by atoms with Crippen molar-refractivity contribution in [2.75, 3.05) is 0 Å². The number of carbonyl (C=O) groups is 1. The molecule has 0 atom stereocenters. The first-order valence-corrected chi connectivity index (χ1v) is 7.33. The predicted octanol–water partition coefficient (Wildman–Crippen LogP) is 5.07. The van der Waals surface area contributed by atoms with Crippen LogP contribution in [0.4, 0.5) is 23.7 Å². The average Bonchev–Trinajstić information content (AvgIpc) is 2.60. The second kappa shape index (κ2) is 5.08. The maximum Gasteiger partial charge on any atom is 0.608 e. The van der Waals surface area contributed by atoms with Crippen LogP contribution in [0.3, 0.4) is 0 Å². The van der Waals surface area contributed by atoms with Crippen LogP contribution in [0.5, 0.6) is 5.75 Å². The molecule has 0 aliphatic carbocycles. The number of halogens is 3. The first-order valence-electron chi connectivity index (χ1n) is 7.33. The Labute approximate surface area is 133 Å². The molecule has 1 amide bonds. The van der Waals surface area contributed by atoms with E-state index in [4.69, 9.17) is 4.74 Å². The Kier molecular flexibility index (Phi) is 3.86. The minimum atomic E-state index is -4.61. The number of benzene rings is 1. The first kappa shape index (κ1) is 17.5. The summed E-state index contributed by atoms with van der Waals surface area (Å²) < 4.78 is 43.9. The van der Waals surface area contributed by atoms with Crippen LogP contribution in [0.25, 0.3) is 0 Å². The number of rotatable bonds is 0. The van der Waals surface area contributed by atoms with Crippen molar-refractivity contribution in [3.8, 4) is 5.75 Å². The molecule has 0 aromatic heterocycles. The molecular weight excluding hydrogens is 307 g/mol. The minimum absolute atomic E-state index is 0.0555. The van der Waals surface area contributed by atoms with Crippen LogP contribution in [0, 0.1) is 0 Å². The molecular formula is C17H21F3NO2+. The van der Waals surface area contributed by atoms with Crippen molar-refractivity contribution < 1.29 is 27.3 Å². The number of fused-ring (bicyclic) bond motifs is 1. The highest BCUT2D eigenvalue weighted by atomic mass is 19.4. The Morgan fingerprint density at radius 1 is 1.00 bits per heavy atom. The molecule has 1 aromatic rings. The molecule has 0 saturated carbocycles. The second-order valence-electron chi connectivity index (χ2n) is 7.78. The van der Waals surface area contributed by atoms with Gasteiger partial charge in [-0.2, -0.15) is 18.0 Å². The Bertz CT molecular complexity index is 690. The van der Waals surface area contributed by atoms with Gasteiger partial charge in [-0.25, -0.2) is 0 Å². The normalized spacial score (nSPS) is 17.4. The van der Waals surface area contributed by atoms with Crippen molar-refractivity contribution >= 4 is 18.0 Å². The lowest BCUT2D eigenvalue weighted by atomic mass is 9.80. The van der Waals surface area contributed by atoms with Crippen molar-refractivity contribution in [3.05, 3.63) is 23.3 Å². The second-order valence-corrected chi connectivity index (χ2v) is 7.78. The summed E-state index contributed by atoms with van der Waals surface area (Å²) in [5.41, 5.74) is 1.06. The number of alkyl halides is 3. The van der Waals surface area contributed by atoms with Crippen LogP contribution < -0.4 is 4.74 Å². The molecule has 0 N–H and O–H groups in total. The van der Waals surface area contributed by atoms with Crippen molar-refractivity contribution in [3.63, 3.8) is 0 Å². The van der Waals surface area contributed by atoms with Gasteiger partial charge in [-0.15, -0.1) is 0 Å². The smallest absolute Gasteiger partial charge is 0.365 e. The van der Waals surface area contributed by atoms with Gasteiger partial charge in [0, 0.05) is 11.6 Å². The van der Waals surface area contributed by atoms with Crippen LogP contribution in [-0.4, -0.2) is 23.1 Å². The summed E-state index contributed by atoms with van der Waals surface area (Å²) in [5, 5.41) is 0. The Morgan fingerprint density at radius 2 is 1.57 bits per heavy atom. The van der Waals surface area contributed by atoms with E-state index in [9.17, 15) is 18.0 Å². The van der Waals surface area contributed by atoms with E-state index in [-0.39, 0.29) is 28.5 Å². The average molecular weight is 328 g/mol. The SMILES string of the molecule is CC(C)(C)c1cc2c(c(C(C)(C)C)c1)OC(=O)/[N+]2=C/C(F)(F)F. The molecule has 1 aliphatic heterocycles. The molecule has 2 rings (SSSR count). The van der Waals surface area contributed by atoms with Gasteiger partial charge in [0.25, 0.3) is 11.9 Å². The number of nitrogens with zero attached hydrogens (tertiary/aromatic N) is 1. The number of hydrogen-bond donors (Lipinski definition) is 0. The quantitative estimate of drug-likeness (QED) is 0.622. The van der Waals surface area contributed by atoms with Gasteiger partial charge < -0.3 is 4.74 Å². The number of amides is 1. The maximum atomic E-state index is 12.7. The van der Waals surface area contributed by atoms with E-state index in [1.165, 1.54) is 0 Å². The summed E-state index contributed by atoms with van der Waals surface area (Å²) in [6.45, 7) is 11.7. The van der Waals surface area contributed by atoms with E-state index in [1.54, 1.807) is 6.07 Å². The lowest BCUT2D eigenvalue weighted by Crippen LogP contribution is -2.22.